The van der Waals surface area contributed by atoms with Crippen molar-refractivity contribution in [3.63, 3.8) is 0 Å². The molecule has 0 aliphatic carbocycles. The Bertz CT molecular complexity index is 1390. The number of aromatic nitrogens is 4. The van der Waals surface area contributed by atoms with Gasteiger partial charge in [-0.05, 0) is 48.9 Å². The summed E-state index contributed by atoms with van der Waals surface area (Å²) in [6.45, 7) is 4.49. The van der Waals surface area contributed by atoms with Gasteiger partial charge in [0.05, 0.1) is 24.5 Å². The number of aromatic amines is 1. The first kappa shape index (κ1) is 25.0. The molecule has 1 N–H and O–H groups in total. The van der Waals surface area contributed by atoms with Crippen LogP contribution < -0.4 is 10.3 Å². The lowest BCUT2D eigenvalue weighted by Gasteiger charge is -2.22. The minimum atomic E-state index is -0.339. The largest absolute Gasteiger partial charge is 0.493 e. The van der Waals surface area contributed by atoms with Gasteiger partial charge >= 0.3 is 0 Å². The van der Waals surface area contributed by atoms with E-state index in [1.54, 1.807) is 6.33 Å². The number of nitrogens with one attached hydrogen (secondary N) is 1. The minimum Gasteiger partial charge on any atom is -0.493 e. The third kappa shape index (κ3) is 5.75. The first-order chi connectivity index (χ1) is 17.6. The predicted molar refractivity (Wildman–Crippen MR) is 141 cm³/mol. The van der Waals surface area contributed by atoms with E-state index in [1.165, 1.54) is 5.56 Å². The van der Waals surface area contributed by atoms with Gasteiger partial charge in [-0.3, -0.25) is 4.79 Å². The molecule has 0 bridgehead atoms. The molecule has 0 spiro atoms. The summed E-state index contributed by atoms with van der Waals surface area (Å²) in [6.07, 6.45) is 6.16. The van der Waals surface area contributed by atoms with E-state index >= 15 is 0 Å². The van der Waals surface area contributed by atoms with E-state index in [0.717, 1.165) is 32.1 Å². The second-order valence-electron chi connectivity index (χ2n) is 8.83. The fraction of sp³-hybridized carbons (Fsp3) is 0.370. The first-order valence-electron chi connectivity index (χ1n) is 12.4. The van der Waals surface area contributed by atoms with Crippen molar-refractivity contribution in [2.75, 3.05) is 6.61 Å². The number of hydrogen-bond donors (Lipinski definition) is 1. The van der Waals surface area contributed by atoms with Gasteiger partial charge in [0.2, 0.25) is 0 Å². The average molecular weight is 486 g/mol. The predicted octanol–water partition coefficient (Wildman–Crippen LogP) is 6.23. The zero-order valence-corrected chi connectivity index (χ0v) is 20.7. The van der Waals surface area contributed by atoms with E-state index in [1.807, 2.05) is 60.9 Å². The average Bonchev–Trinajstić information content (AvgIpc) is 3.32. The van der Waals surface area contributed by atoms with Gasteiger partial charge in [-0.1, -0.05) is 67.8 Å². The van der Waals surface area contributed by atoms with Crippen molar-refractivity contribution in [3.8, 4) is 17.1 Å². The Morgan fingerprint density at radius 1 is 1.14 bits per heavy atom. The van der Waals surface area contributed by atoms with Crippen LogP contribution in [0.2, 0.25) is 0 Å². The molecule has 2 atom stereocenters. The Balaban J connectivity index is 1.66. The van der Waals surface area contributed by atoms with Crippen LogP contribution in [-0.2, 0) is 6.42 Å². The van der Waals surface area contributed by atoms with Crippen LogP contribution in [-0.4, -0.2) is 32.2 Å². The monoisotopic (exact) mass is 485 g/mol. The summed E-state index contributed by atoms with van der Waals surface area (Å²) in [5.41, 5.74) is 11.5. The van der Waals surface area contributed by atoms with Gasteiger partial charge in [-0.25, -0.2) is 9.97 Å². The van der Waals surface area contributed by atoms with Crippen molar-refractivity contribution in [1.29, 1.82) is 0 Å². The van der Waals surface area contributed by atoms with Crippen molar-refractivity contribution in [1.82, 2.24) is 19.5 Å². The number of imidazole rings is 1. The number of benzene rings is 2. The molecule has 36 heavy (non-hydrogen) atoms. The molecule has 0 aliphatic heterocycles. The Morgan fingerprint density at radius 3 is 2.69 bits per heavy atom. The van der Waals surface area contributed by atoms with Crippen LogP contribution in [0.3, 0.4) is 0 Å². The number of para-hydroxylation sites is 1. The summed E-state index contributed by atoms with van der Waals surface area (Å²) >= 11 is 0. The highest BCUT2D eigenvalue weighted by Gasteiger charge is 2.23. The van der Waals surface area contributed by atoms with E-state index in [0.29, 0.717) is 29.4 Å². The Labute approximate surface area is 209 Å². The molecule has 0 aliphatic rings. The highest BCUT2D eigenvalue weighted by molar-refractivity contribution is 5.74. The molecule has 2 aromatic heterocycles. The van der Waals surface area contributed by atoms with Gasteiger partial charge in [0.15, 0.2) is 11.2 Å². The number of nitrogens with zero attached hydrogens (tertiary/aromatic N) is 6. The molecule has 0 radical (unpaired) electrons. The molecule has 4 rings (SSSR count). The summed E-state index contributed by atoms with van der Waals surface area (Å²) in [5, 5.41) is 3.97. The second kappa shape index (κ2) is 12.0. The lowest BCUT2D eigenvalue weighted by atomic mass is 10.0. The van der Waals surface area contributed by atoms with Crippen LogP contribution >= 0.6 is 0 Å². The van der Waals surface area contributed by atoms with Crippen LogP contribution in [0.25, 0.3) is 33.0 Å². The van der Waals surface area contributed by atoms with Gasteiger partial charge in [0.25, 0.3) is 5.56 Å². The molecular weight excluding hydrogens is 454 g/mol. The number of aryl methyl sites for hydroxylation is 1. The van der Waals surface area contributed by atoms with E-state index in [9.17, 15) is 4.79 Å². The highest BCUT2D eigenvalue weighted by Crippen LogP contribution is 2.29. The molecular formula is C27H31N7O2. The smallest absolute Gasteiger partial charge is 0.279 e. The molecule has 9 heteroatoms. The van der Waals surface area contributed by atoms with Crippen molar-refractivity contribution in [2.45, 2.75) is 58.0 Å². The van der Waals surface area contributed by atoms with Crippen molar-refractivity contribution < 1.29 is 4.74 Å². The van der Waals surface area contributed by atoms with Gasteiger partial charge in [-0.15, -0.1) is 0 Å². The van der Waals surface area contributed by atoms with Crippen LogP contribution in [0, 0.1) is 0 Å². The van der Waals surface area contributed by atoms with Crippen molar-refractivity contribution in [2.24, 2.45) is 5.11 Å². The molecule has 0 amide bonds. The number of H-pyrrole nitrogens is 1. The topological polar surface area (TPSA) is 122 Å². The Hall–Kier alpha value is -4.10. The second-order valence-corrected chi connectivity index (χ2v) is 8.83. The molecule has 4 aromatic rings. The van der Waals surface area contributed by atoms with Gasteiger partial charge in [0.1, 0.15) is 11.6 Å². The molecule has 2 aromatic carbocycles. The van der Waals surface area contributed by atoms with Gasteiger partial charge in [-0.2, -0.15) is 0 Å². The van der Waals surface area contributed by atoms with Gasteiger partial charge < -0.3 is 14.3 Å². The minimum absolute atomic E-state index is 0.185. The number of fused-ring (bicyclic) bond motifs is 1. The third-order valence-corrected chi connectivity index (χ3v) is 6.24. The Morgan fingerprint density at radius 2 is 1.92 bits per heavy atom. The molecule has 9 nitrogen and oxygen atoms in total. The fourth-order valence-corrected chi connectivity index (χ4v) is 4.39. The molecule has 2 unspecified atom stereocenters. The first-order valence-corrected chi connectivity index (χ1v) is 12.4. The maximum Gasteiger partial charge on any atom is 0.279 e. The fourth-order valence-electron chi connectivity index (χ4n) is 4.39. The van der Waals surface area contributed by atoms with Crippen molar-refractivity contribution >= 4 is 11.2 Å². The van der Waals surface area contributed by atoms with Gasteiger partial charge in [0, 0.05) is 11.0 Å². The van der Waals surface area contributed by atoms with E-state index in [4.69, 9.17) is 15.3 Å². The summed E-state index contributed by atoms with van der Waals surface area (Å²) in [7, 11) is 0. The number of rotatable bonds is 12. The quantitative estimate of drug-likeness (QED) is 0.111. The molecule has 186 valence electrons. The molecule has 2 heterocycles. The number of ether oxygens (including phenoxy) is 1. The lowest BCUT2D eigenvalue weighted by Crippen LogP contribution is -2.21. The van der Waals surface area contributed by atoms with Crippen LogP contribution in [0.4, 0.5) is 0 Å². The van der Waals surface area contributed by atoms with Crippen LogP contribution in [0.15, 0.2) is 70.8 Å². The van der Waals surface area contributed by atoms with Crippen molar-refractivity contribution in [3.05, 3.63) is 87.3 Å². The zero-order chi connectivity index (χ0) is 25.3. The molecule has 0 fully saturated rings. The maximum absolute atomic E-state index is 13.0. The van der Waals surface area contributed by atoms with E-state index in [-0.39, 0.29) is 23.2 Å². The van der Waals surface area contributed by atoms with E-state index < -0.39 is 0 Å². The third-order valence-electron chi connectivity index (χ3n) is 6.24. The summed E-state index contributed by atoms with van der Waals surface area (Å²) in [6, 6.07) is 17.4. The summed E-state index contributed by atoms with van der Waals surface area (Å²) in [4.78, 5) is 28.0. The number of unbranched alkanes of at least 4 members (excludes halogenated alkanes) is 1. The summed E-state index contributed by atoms with van der Waals surface area (Å²) in [5.74, 6) is 1.08. The highest BCUT2D eigenvalue weighted by atomic mass is 16.5. The number of hydrogen-bond acceptors (Lipinski definition) is 5. The SMILES string of the molecule is CCCOc1ccccc1-c1nc2c(ncn2C(CCCCc2ccccc2)C(C)N=[N+]=[N-])c(=O)[nH]1. The zero-order valence-electron chi connectivity index (χ0n) is 20.7. The molecule has 0 saturated heterocycles. The van der Waals surface area contributed by atoms with E-state index in [2.05, 4.69) is 32.1 Å². The van der Waals surface area contributed by atoms with Crippen LogP contribution in [0.1, 0.15) is 51.1 Å². The molecule has 0 saturated carbocycles. The Kier molecular flexibility index (Phi) is 8.36. The normalized spacial score (nSPS) is 12.7. The summed E-state index contributed by atoms with van der Waals surface area (Å²) < 4.78 is 7.76. The lowest BCUT2D eigenvalue weighted by molar-refractivity contribution is 0.318. The van der Waals surface area contributed by atoms with Crippen LogP contribution in [0.5, 0.6) is 5.75 Å². The standard InChI is InChI=1S/C27H31N7O2/c1-3-17-36-23-16-10-8-14-21(23)25-30-26-24(27(35)31-25)29-18-34(26)22(19(2)32-33-28)15-9-7-13-20-11-5-4-6-12-20/h4-6,8,10-12,14,16,18-19,22H,3,7,9,13,15,17H2,1-2H3,(H,30,31,35). The number of azide groups is 1. The maximum atomic E-state index is 13.0.